The van der Waals surface area contributed by atoms with Crippen LogP contribution < -0.4 is 9.64 Å². The largest absolute Gasteiger partial charge is 0.496 e. The Morgan fingerprint density at radius 3 is 2.59 bits per heavy atom. The van der Waals surface area contributed by atoms with Gasteiger partial charge < -0.3 is 24.6 Å². The zero-order chi connectivity index (χ0) is 21.3. The summed E-state index contributed by atoms with van der Waals surface area (Å²) in [6.45, 7) is 2.18. The van der Waals surface area contributed by atoms with Crippen LogP contribution in [0.5, 0.6) is 5.75 Å². The molecule has 0 saturated carbocycles. The highest BCUT2D eigenvalue weighted by atomic mass is 35.5. The predicted octanol–water partition coefficient (Wildman–Crippen LogP) is 2.92. The number of fused-ring (bicyclic) bond motifs is 1. The smallest absolute Gasteiger partial charge is 0.337 e. The van der Waals surface area contributed by atoms with Crippen molar-refractivity contribution < 1.29 is 29.3 Å². The molecule has 2 aromatic rings. The molecule has 2 N–H and O–H groups in total. The van der Waals surface area contributed by atoms with Gasteiger partial charge >= 0.3 is 5.97 Å². The SMILES string of the molecule is CCN1C(=O)C(O)(Cc2cccc(OC)c2C(OC)C(=O)O)c2cc(Cl)ccc21. The second-order valence-corrected chi connectivity index (χ2v) is 7.17. The lowest BCUT2D eigenvalue weighted by Gasteiger charge is -2.26. The molecule has 1 amide bonds. The highest BCUT2D eigenvalue weighted by Crippen LogP contribution is 2.45. The van der Waals surface area contributed by atoms with Gasteiger partial charge in [0, 0.05) is 36.2 Å². The summed E-state index contributed by atoms with van der Waals surface area (Å²) in [7, 11) is 2.69. The lowest BCUT2D eigenvalue weighted by molar-refractivity contribution is -0.149. The number of rotatable bonds is 7. The molecule has 0 radical (unpaired) electrons. The molecule has 8 heteroatoms. The van der Waals surface area contributed by atoms with Gasteiger partial charge in [0.15, 0.2) is 11.7 Å². The van der Waals surface area contributed by atoms with Crippen molar-refractivity contribution in [1.82, 2.24) is 0 Å². The first-order chi connectivity index (χ1) is 13.8. The van der Waals surface area contributed by atoms with Crippen LogP contribution in [-0.4, -0.2) is 42.9 Å². The van der Waals surface area contributed by atoms with Crippen molar-refractivity contribution in [2.75, 3.05) is 25.7 Å². The Kier molecular flexibility index (Phi) is 5.84. The number of likely N-dealkylation sites (N-methyl/N-ethyl adjacent to an activating group) is 1. The molecular weight excluding hydrogens is 398 g/mol. The van der Waals surface area contributed by atoms with Gasteiger partial charge in [-0.05, 0) is 36.8 Å². The first-order valence-electron chi connectivity index (χ1n) is 9.04. The Morgan fingerprint density at radius 2 is 2.00 bits per heavy atom. The van der Waals surface area contributed by atoms with Crippen LogP contribution in [0.2, 0.25) is 5.02 Å². The molecule has 1 heterocycles. The van der Waals surface area contributed by atoms with E-state index < -0.39 is 23.6 Å². The van der Waals surface area contributed by atoms with Gasteiger partial charge in [0.05, 0.1) is 12.8 Å². The molecule has 1 aliphatic rings. The molecule has 2 atom stereocenters. The second kappa shape index (κ2) is 8.02. The number of halogens is 1. The van der Waals surface area contributed by atoms with E-state index in [9.17, 15) is 19.8 Å². The molecule has 0 aromatic heterocycles. The standard InChI is InChI=1S/C21H22ClNO6/c1-4-23-15-9-8-13(22)10-14(15)21(27,20(23)26)11-12-6-5-7-16(28-2)17(12)18(29-3)19(24)25/h5-10,18,27H,4,11H2,1-3H3,(H,24,25). The number of aliphatic hydroxyl groups is 1. The van der Waals surface area contributed by atoms with Gasteiger partial charge in [-0.3, -0.25) is 4.79 Å². The maximum atomic E-state index is 13.1. The van der Waals surface area contributed by atoms with E-state index in [1.165, 1.54) is 19.1 Å². The summed E-state index contributed by atoms with van der Waals surface area (Å²) in [6.07, 6.45) is -1.47. The minimum atomic E-state index is -1.89. The number of hydrogen-bond acceptors (Lipinski definition) is 5. The first kappa shape index (κ1) is 21.1. The van der Waals surface area contributed by atoms with Gasteiger partial charge in [-0.1, -0.05) is 23.7 Å². The molecule has 0 aliphatic carbocycles. The number of amides is 1. The molecule has 154 valence electrons. The fraction of sp³-hybridized carbons (Fsp3) is 0.333. The lowest BCUT2D eigenvalue weighted by atomic mass is 9.85. The average Bonchev–Trinajstić information content (AvgIpc) is 2.89. The van der Waals surface area contributed by atoms with Crippen LogP contribution in [0.4, 0.5) is 5.69 Å². The third kappa shape index (κ3) is 3.46. The molecule has 29 heavy (non-hydrogen) atoms. The summed E-state index contributed by atoms with van der Waals surface area (Å²) < 4.78 is 10.5. The van der Waals surface area contributed by atoms with E-state index in [0.29, 0.717) is 34.1 Å². The Morgan fingerprint density at radius 1 is 1.28 bits per heavy atom. The maximum absolute atomic E-state index is 13.1. The molecule has 2 unspecified atom stereocenters. The highest BCUT2D eigenvalue weighted by Gasteiger charge is 2.50. The van der Waals surface area contributed by atoms with Crippen LogP contribution in [0.3, 0.4) is 0 Å². The average molecular weight is 420 g/mol. The highest BCUT2D eigenvalue weighted by molar-refractivity contribution is 6.31. The topological polar surface area (TPSA) is 96.3 Å². The number of carbonyl (C=O) groups excluding carboxylic acids is 1. The van der Waals surface area contributed by atoms with Gasteiger partial charge in [-0.2, -0.15) is 0 Å². The molecule has 0 spiro atoms. The minimum absolute atomic E-state index is 0.157. The summed E-state index contributed by atoms with van der Waals surface area (Å²) in [5.41, 5.74) is -0.248. The number of ether oxygens (including phenoxy) is 2. The Hall–Kier alpha value is -2.61. The summed E-state index contributed by atoms with van der Waals surface area (Å²) in [6, 6.07) is 9.85. The van der Waals surface area contributed by atoms with Crippen molar-refractivity contribution in [3.05, 3.63) is 58.1 Å². The number of nitrogens with zero attached hydrogens (tertiary/aromatic N) is 1. The summed E-state index contributed by atoms with van der Waals surface area (Å²) in [4.78, 5) is 26.3. The Balaban J connectivity index is 2.17. The Bertz CT molecular complexity index is 962. The van der Waals surface area contributed by atoms with Crippen molar-refractivity contribution in [2.24, 2.45) is 0 Å². The third-order valence-electron chi connectivity index (χ3n) is 5.15. The van der Waals surface area contributed by atoms with Gasteiger partial charge in [0.25, 0.3) is 5.91 Å². The van der Waals surface area contributed by atoms with E-state index in [-0.39, 0.29) is 12.0 Å². The van der Waals surface area contributed by atoms with E-state index in [1.807, 2.05) is 6.92 Å². The van der Waals surface area contributed by atoms with Crippen molar-refractivity contribution in [3.63, 3.8) is 0 Å². The molecule has 3 rings (SSSR count). The van der Waals surface area contributed by atoms with Crippen LogP contribution in [-0.2, 0) is 26.3 Å². The molecule has 0 fully saturated rings. The molecule has 0 saturated heterocycles. The van der Waals surface area contributed by atoms with Gasteiger partial charge in [-0.25, -0.2) is 4.79 Å². The van der Waals surface area contributed by atoms with E-state index in [1.54, 1.807) is 36.4 Å². The number of carboxylic acid groups (broad SMARTS) is 1. The number of carbonyl (C=O) groups is 2. The van der Waals surface area contributed by atoms with Crippen molar-refractivity contribution in [3.8, 4) is 5.75 Å². The minimum Gasteiger partial charge on any atom is -0.496 e. The van der Waals surface area contributed by atoms with E-state index in [0.717, 1.165) is 0 Å². The van der Waals surface area contributed by atoms with Crippen LogP contribution in [0.25, 0.3) is 0 Å². The summed E-state index contributed by atoms with van der Waals surface area (Å²) in [5, 5.41) is 21.5. The molecule has 2 aromatic carbocycles. The number of anilines is 1. The van der Waals surface area contributed by atoms with Gasteiger partial charge in [0.2, 0.25) is 0 Å². The number of hydrogen-bond donors (Lipinski definition) is 2. The fourth-order valence-corrected chi connectivity index (χ4v) is 4.02. The number of methoxy groups -OCH3 is 2. The summed E-state index contributed by atoms with van der Waals surface area (Å²) in [5.74, 6) is -1.40. The van der Waals surface area contributed by atoms with Crippen LogP contribution in [0.1, 0.15) is 29.7 Å². The number of carboxylic acids is 1. The van der Waals surface area contributed by atoms with Gasteiger partial charge in [-0.15, -0.1) is 0 Å². The lowest BCUT2D eigenvalue weighted by Crippen LogP contribution is -2.42. The molecule has 1 aliphatic heterocycles. The third-order valence-corrected chi connectivity index (χ3v) is 5.39. The first-order valence-corrected chi connectivity index (χ1v) is 9.42. The molecule has 7 nitrogen and oxygen atoms in total. The van der Waals surface area contributed by atoms with Crippen molar-refractivity contribution in [1.29, 1.82) is 0 Å². The summed E-state index contributed by atoms with van der Waals surface area (Å²) >= 11 is 6.13. The van der Waals surface area contributed by atoms with Crippen LogP contribution in [0.15, 0.2) is 36.4 Å². The molecule has 0 bridgehead atoms. The predicted molar refractivity (Wildman–Crippen MR) is 107 cm³/mol. The van der Waals surface area contributed by atoms with Gasteiger partial charge in [0.1, 0.15) is 5.75 Å². The Labute approximate surface area is 173 Å². The second-order valence-electron chi connectivity index (χ2n) is 6.73. The van der Waals surface area contributed by atoms with Crippen LogP contribution >= 0.6 is 11.6 Å². The quantitative estimate of drug-likeness (QED) is 0.716. The zero-order valence-electron chi connectivity index (χ0n) is 16.3. The van der Waals surface area contributed by atoms with E-state index in [2.05, 4.69) is 0 Å². The van der Waals surface area contributed by atoms with Crippen molar-refractivity contribution in [2.45, 2.75) is 25.0 Å². The van der Waals surface area contributed by atoms with Crippen LogP contribution in [0, 0.1) is 0 Å². The zero-order valence-corrected chi connectivity index (χ0v) is 17.1. The number of benzene rings is 2. The van der Waals surface area contributed by atoms with E-state index >= 15 is 0 Å². The van der Waals surface area contributed by atoms with Crippen molar-refractivity contribution >= 4 is 29.2 Å². The normalized spacial score (nSPS) is 19.2. The maximum Gasteiger partial charge on any atom is 0.337 e. The fourth-order valence-electron chi connectivity index (χ4n) is 3.84. The molecular formula is C21H22ClNO6. The van der Waals surface area contributed by atoms with E-state index in [4.69, 9.17) is 21.1 Å². The number of aliphatic carboxylic acids is 1. The monoisotopic (exact) mass is 419 g/mol.